The normalized spacial score (nSPS) is 10.3. The Morgan fingerprint density at radius 3 is 2.69 bits per heavy atom. The number of hydrogen-bond acceptors (Lipinski definition) is 3. The van der Waals surface area contributed by atoms with Gasteiger partial charge in [-0.2, -0.15) is 0 Å². The summed E-state index contributed by atoms with van der Waals surface area (Å²) >= 11 is 0. The largest absolute Gasteiger partial charge is 0.481 e. The minimum absolute atomic E-state index is 0.125. The fraction of sp³-hybridized carbons (Fsp3) is 0.167. The average molecular weight is 217 g/mol. The highest BCUT2D eigenvalue weighted by atomic mass is 16.5. The van der Waals surface area contributed by atoms with Crippen molar-refractivity contribution in [1.82, 2.24) is 5.16 Å². The van der Waals surface area contributed by atoms with E-state index in [-0.39, 0.29) is 6.42 Å². The lowest BCUT2D eigenvalue weighted by Crippen LogP contribution is -2.01. The van der Waals surface area contributed by atoms with Crippen LogP contribution < -0.4 is 0 Å². The van der Waals surface area contributed by atoms with Gasteiger partial charge in [0.1, 0.15) is 12.0 Å². The summed E-state index contributed by atoms with van der Waals surface area (Å²) in [6.45, 7) is 2.00. The Kier molecular flexibility index (Phi) is 2.72. The fourth-order valence-corrected chi connectivity index (χ4v) is 1.50. The fourth-order valence-electron chi connectivity index (χ4n) is 1.50. The smallest absolute Gasteiger partial charge is 0.309 e. The molecule has 1 heterocycles. The van der Waals surface area contributed by atoms with Crippen molar-refractivity contribution in [3.63, 3.8) is 0 Å². The van der Waals surface area contributed by atoms with Crippen molar-refractivity contribution in [3.8, 4) is 11.1 Å². The van der Waals surface area contributed by atoms with Crippen molar-refractivity contribution in [3.05, 3.63) is 41.8 Å². The predicted molar refractivity (Wildman–Crippen MR) is 58.0 cm³/mol. The van der Waals surface area contributed by atoms with E-state index >= 15 is 0 Å². The molecule has 4 heteroatoms. The van der Waals surface area contributed by atoms with Crippen LogP contribution in [0.25, 0.3) is 11.1 Å². The van der Waals surface area contributed by atoms with E-state index in [0.717, 1.165) is 16.7 Å². The van der Waals surface area contributed by atoms with Crippen LogP contribution in [0.2, 0.25) is 0 Å². The third kappa shape index (κ3) is 2.11. The number of aromatic nitrogens is 1. The van der Waals surface area contributed by atoms with Gasteiger partial charge in [0.25, 0.3) is 0 Å². The van der Waals surface area contributed by atoms with Crippen LogP contribution in [0.5, 0.6) is 0 Å². The Labute approximate surface area is 92.5 Å². The number of aryl methyl sites for hydroxylation is 1. The number of carbonyl (C=O) groups is 1. The maximum absolute atomic E-state index is 10.6. The third-order valence-electron chi connectivity index (χ3n) is 2.33. The van der Waals surface area contributed by atoms with Gasteiger partial charge in [-0.05, 0) is 12.5 Å². The summed E-state index contributed by atoms with van der Waals surface area (Å²) in [5, 5.41) is 12.4. The second-order valence-corrected chi connectivity index (χ2v) is 3.61. The quantitative estimate of drug-likeness (QED) is 0.856. The van der Waals surface area contributed by atoms with E-state index in [1.54, 1.807) is 0 Å². The molecule has 0 fully saturated rings. The van der Waals surface area contributed by atoms with Crippen molar-refractivity contribution in [2.75, 3.05) is 0 Å². The van der Waals surface area contributed by atoms with Gasteiger partial charge in [-0.15, -0.1) is 0 Å². The van der Waals surface area contributed by atoms with E-state index in [9.17, 15) is 4.79 Å². The minimum Gasteiger partial charge on any atom is -0.481 e. The summed E-state index contributed by atoms with van der Waals surface area (Å²) in [4.78, 5) is 10.6. The molecule has 0 spiro atoms. The zero-order valence-corrected chi connectivity index (χ0v) is 8.80. The minimum atomic E-state index is -0.915. The van der Waals surface area contributed by atoms with Crippen molar-refractivity contribution in [1.29, 1.82) is 0 Å². The zero-order valence-electron chi connectivity index (χ0n) is 8.80. The summed E-state index contributed by atoms with van der Waals surface area (Å²) in [7, 11) is 0. The Morgan fingerprint density at radius 1 is 1.38 bits per heavy atom. The molecule has 0 amide bonds. The van der Waals surface area contributed by atoms with Gasteiger partial charge in [0.2, 0.25) is 0 Å². The van der Waals surface area contributed by atoms with E-state index < -0.39 is 5.97 Å². The molecule has 0 saturated carbocycles. The van der Waals surface area contributed by atoms with Gasteiger partial charge >= 0.3 is 5.97 Å². The highest BCUT2D eigenvalue weighted by molar-refractivity contribution is 5.74. The number of hydrogen-bond donors (Lipinski definition) is 1. The first-order valence-corrected chi connectivity index (χ1v) is 4.89. The number of rotatable bonds is 3. The van der Waals surface area contributed by atoms with Crippen LogP contribution in [-0.2, 0) is 11.2 Å². The number of carboxylic acids is 1. The molecular formula is C12H11NO3. The molecule has 1 aromatic carbocycles. The summed E-state index contributed by atoms with van der Waals surface area (Å²) in [6.07, 6.45) is 1.35. The lowest BCUT2D eigenvalue weighted by molar-refractivity contribution is -0.136. The van der Waals surface area contributed by atoms with E-state index in [1.165, 1.54) is 6.26 Å². The van der Waals surface area contributed by atoms with Gasteiger partial charge in [0, 0.05) is 5.56 Å². The molecule has 0 bridgehead atoms. The highest BCUT2D eigenvalue weighted by Gasteiger charge is 2.12. The standard InChI is InChI=1S/C12H11NO3/c1-8-2-4-9(5-3-8)10-7-16-13-11(10)6-12(14)15/h2-5,7H,6H2,1H3,(H,14,15). The van der Waals surface area contributed by atoms with Crippen molar-refractivity contribution in [2.24, 2.45) is 0 Å². The SMILES string of the molecule is Cc1ccc(-c2conc2CC(=O)O)cc1. The van der Waals surface area contributed by atoms with Crippen LogP contribution in [0.4, 0.5) is 0 Å². The lowest BCUT2D eigenvalue weighted by atomic mass is 10.0. The number of carboxylic acid groups (broad SMARTS) is 1. The number of aliphatic carboxylic acids is 1. The second kappa shape index (κ2) is 4.18. The van der Waals surface area contributed by atoms with Crippen LogP contribution in [0, 0.1) is 6.92 Å². The first kappa shape index (κ1) is 10.4. The Balaban J connectivity index is 2.36. The van der Waals surface area contributed by atoms with E-state index in [4.69, 9.17) is 9.63 Å². The molecule has 16 heavy (non-hydrogen) atoms. The molecule has 0 aliphatic carbocycles. The highest BCUT2D eigenvalue weighted by Crippen LogP contribution is 2.23. The molecule has 0 unspecified atom stereocenters. The second-order valence-electron chi connectivity index (χ2n) is 3.61. The third-order valence-corrected chi connectivity index (χ3v) is 2.33. The molecule has 0 radical (unpaired) electrons. The number of nitrogens with zero attached hydrogens (tertiary/aromatic N) is 1. The van der Waals surface area contributed by atoms with Gasteiger partial charge < -0.3 is 9.63 Å². The van der Waals surface area contributed by atoms with Crippen LogP contribution >= 0.6 is 0 Å². The molecule has 4 nitrogen and oxygen atoms in total. The van der Waals surface area contributed by atoms with Crippen molar-refractivity contribution < 1.29 is 14.4 Å². The maximum Gasteiger partial charge on any atom is 0.309 e. The van der Waals surface area contributed by atoms with E-state index in [0.29, 0.717) is 5.69 Å². The monoisotopic (exact) mass is 217 g/mol. The Morgan fingerprint density at radius 2 is 2.06 bits per heavy atom. The Hall–Kier alpha value is -2.10. The molecule has 0 aliphatic rings. The Bertz CT molecular complexity index is 499. The lowest BCUT2D eigenvalue weighted by Gasteiger charge is -1.99. The van der Waals surface area contributed by atoms with Gasteiger partial charge in [0.05, 0.1) is 6.42 Å². The van der Waals surface area contributed by atoms with Crippen molar-refractivity contribution >= 4 is 5.97 Å². The summed E-state index contributed by atoms with van der Waals surface area (Å²) in [5.74, 6) is -0.915. The van der Waals surface area contributed by atoms with Gasteiger partial charge in [-0.1, -0.05) is 35.0 Å². The van der Waals surface area contributed by atoms with Crippen molar-refractivity contribution in [2.45, 2.75) is 13.3 Å². The van der Waals surface area contributed by atoms with Gasteiger partial charge in [0.15, 0.2) is 0 Å². The summed E-state index contributed by atoms with van der Waals surface area (Å²) in [5.41, 5.74) is 3.27. The molecular weight excluding hydrogens is 206 g/mol. The zero-order chi connectivity index (χ0) is 11.5. The molecule has 0 saturated heterocycles. The molecule has 2 rings (SSSR count). The molecule has 2 aromatic rings. The van der Waals surface area contributed by atoms with Gasteiger partial charge in [-0.3, -0.25) is 4.79 Å². The van der Waals surface area contributed by atoms with Crippen LogP contribution in [-0.4, -0.2) is 16.2 Å². The van der Waals surface area contributed by atoms with Crippen LogP contribution in [0.1, 0.15) is 11.3 Å². The molecule has 1 aromatic heterocycles. The molecule has 0 atom stereocenters. The van der Waals surface area contributed by atoms with E-state index in [1.807, 2.05) is 31.2 Å². The van der Waals surface area contributed by atoms with E-state index in [2.05, 4.69) is 5.16 Å². The number of benzene rings is 1. The molecule has 1 N–H and O–H groups in total. The topological polar surface area (TPSA) is 63.3 Å². The summed E-state index contributed by atoms with van der Waals surface area (Å²) < 4.78 is 4.82. The first-order valence-electron chi connectivity index (χ1n) is 4.89. The first-order chi connectivity index (χ1) is 7.66. The predicted octanol–water partition coefficient (Wildman–Crippen LogP) is 2.28. The molecule has 0 aliphatic heterocycles. The molecule has 82 valence electrons. The van der Waals surface area contributed by atoms with Crippen LogP contribution in [0.15, 0.2) is 35.1 Å². The summed E-state index contributed by atoms with van der Waals surface area (Å²) in [6, 6.07) is 7.78. The van der Waals surface area contributed by atoms with Gasteiger partial charge in [-0.25, -0.2) is 0 Å². The average Bonchev–Trinajstić information content (AvgIpc) is 2.66. The maximum atomic E-state index is 10.6. The van der Waals surface area contributed by atoms with Crippen LogP contribution in [0.3, 0.4) is 0 Å².